The van der Waals surface area contributed by atoms with Gasteiger partial charge < -0.3 is 11.1 Å². The maximum Gasteiger partial charge on any atom is 0.0294 e. The number of hydrogen-bond acceptors (Lipinski definition) is 2. The lowest BCUT2D eigenvalue weighted by Crippen LogP contribution is -2.49. The number of nitrogens with two attached hydrogens (primary N) is 1. The molecule has 0 aromatic heterocycles. The van der Waals surface area contributed by atoms with Crippen LogP contribution in [0.5, 0.6) is 0 Å². The van der Waals surface area contributed by atoms with Crippen molar-refractivity contribution in [1.82, 2.24) is 5.32 Å². The van der Waals surface area contributed by atoms with Gasteiger partial charge in [0, 0.05) is 18.1 Å². The Bertz CT molecular complexity index is 325. The van der Waals surface area contributed by atoms with Crippen molar-refractivity contribution in [3.63, 3.8) is 0 Å². The molecule has 1 aliphatic rings. The van der Waals surface area contributed by atoms with Crippen LogP contribution in [-0.4, -0.2) is 12.1 Å². The summed E-state index contributed by atoms with van der Waals surface area (Å²) < 4.78 is 0. The first-order valence-corrected chi connectivity index (χ1v) is 6.29. The molecule has 3 N–H and O–H groups in total. The Morgan fingerprint density at radius 1 is 1.31 bits per heavy atom. The second kappa shape index (κ2) is 4.98. The summed E-state index contributed by atoms with van der Waals surface area (Å²) in [5.74, 6) is 0. The molecular weight excluding hydrogens is 196 g/mol. The Kier molecular flexibility index (Phi) is 3.62. The molecule has 88 valence electrons. The van der Waals surface area contributed by atoms with Crippen LogP contribution in [0, 0.1) is 0 Å². The van der Waals surface area contributed by atoms with Crippen LogP contribution < -0.4 is 11.1 Å². The minimum absolute atomic E-state index is 0.423. The van der Waals surface area contributed by atoms with Crippen LogP contribution in [0.15, 0.2) is 24.3 Å². The van der Waals surface area contributed by atoms with Gasteiger partial charge in [-0.1, -0.05) is 31.2 Å². The fourth-order valence-electron chi connectivity index (χ4n) is 2.29. The number of benzene rings is 1. The van der Waals surface area contributed by atoms with Crippen molar-refractivity contribution < 1.29 is 0 Å². The molecule has 0 radical (unpaired) electrons. The standard InChI is InChI=1S/C14H22N2/c1-3-11-4-6-12(7-5-11)10(2)16-14-8-13(15)9-14/h4-7,10,13-14,16H,3,8-9,15H2,1-2H3. The molecule has 0 saturated heterocycles. The zero-order chi connectivity index (χ0) is 11.5. The van der Waals surface area contributed by atoms with Crippen molar-refractivity contribution in [3.8, 4) is 0 Å². The predicted molar refractivity (Wildman–Crippen MR) is 68.4 cm³/mol. The van der Waals surface area contributed by atoms with Crippen molar-refractivity contribution >= 4 is 0 Å². The highest BCUT2D eigenvalue weighted by atomic mass is 15.0. The van der Waals surface area contributed by atoms with Crippen LogP contribution >= 0.6 is 0 Å². The Labute approximate surface area is 98.2 Å². The third-order valence-electron chi connectivity index (χ3n) is 3.55. The lowest BCUT2D eigenvalue weighted by atomic mass is 9.86. The van der Waals surface area contributed by atoms with Gasteiger partial charge in [-0.15, -0.1) is 0 Å². The van der Waals surface area contributed by atoms with E-state index in [0.717, 1.165) is 19.3 Å². The molecule has 1 aromatic carbocycles. The molecule has 1 saturated carbocycles. The summed E-state index contributed by atoms with van der Waals surface area (Å²) in [6.45, 7) is 4.41. The van der Waals surface area contributed by atoms with Gasteiger partial charge in [0.05, 0.1) is 0 Å². The quantitative estimate of drug-likeness (QED) is 0.814. The molecular formula is C14H22N2. The van der Waals surface area contributed by atoms with E-state index in [4.69, 9.17) is 5.73 Å². The second-order valence-corrected chi connectivity index (χ2v) is 4.91. The van der Waals surface area contributed by atoms with Crippen LogP contribution in [-0.2, 0) is 6.42 Å². The van der Waals surface area contributed by atoms with Gasteiger partial charge in [0.15, 0.2) is 0 Å². The highest BCUT2D eigenvalue weighted by Crippen LogP contribution is 2.22. The van der Waals surface area contributed by atoms with Crippen LogP contribution in [0.4, 0.5) is 0 Å². The summed E-state index contributed by atoms with van der Waals surface area (Å²) in [6.07, 6.45) is 3.36. The summed E-state index contributed by atoms with van der Waals surface area (Å²) in [5.41, 5.74) is 8.56. The molecule has 16 heavy (non-hydrogen) atoms. The van der Waals surface area contributed by atoms with Crippen molar-refractivity contribution in [1.29, 1.82) is 0 Å². The van der Waals surface area contributed by atoms with Crippen molar-refractivity contribution in [2.75, 3.05) is 0 Å². The third-order valence-corrected chi connectivity index (χ3v) is 3.55. The molecule has 1 unspecified atom stereocenters. The minimum atomic E-state index is 0.423. The molecule has 0 heterocycles. The van der Waals surface area contributed by atoms with Gasteiger partial charge in [0.1, 0.15) is 0 Å². The lowest BCUT2D eigenvalue weighted by molar-refractivity contribution is 0.272. The first-order valence-electron chi connectivity index (χ1n) is 6.29. The Balaban J connectivity index is 1.90. The normalized spacial score (nSPS) is 26.2. The predicted octanol–water partition coefficient (Wildman–Crippen LogP) is 2.39. The highest BCUT2D eigenvalue weighted by molar-refractivity contribution is 5.24. The van der Waals surface area contributed by atoms with Crippen molar-refractivity contribution in [3.05, 3.63) is 35.4 Å². The molecule has 2 heteroatoms. The zero-order valence-corrected chi connectivity index (χ0v) is 10.2. The van der Waals surface area contributed by atoms with Gasteiger partial charge in [-0.05, 0) is 37.3 Å². The average molecular weight is 218 g/mol. The molecule has 1 aromatic rings. The van der Waals surface area contributed by atoms with Crippen molar-refractivity contribution in [2.45, 2.75) is 51.2 Å². The zero-order valence-electron chi connectivity index (χ0n) is 10.2. The first kappa shape index (κ1) is 11.6. The summed E-state index contributed by atoms with van der Waals surface area (Å²) in [4.78, 5) is 0. The van der Waals surface area contributed by atoms with E-state index >= 15 is 0 Å². The molecule has 0 amide bonds. The molecule has 2 rings (SSSR count). The van der Waals surface area contributed by atoms with Crippen molar-refractivity contribution in [2.24, 2.45) is 5.73 Å². The summed E-state index contributed by atoms with van der Waals surface area (Å²) >= 11 is 0. The average Bonchev–Trinajstić information content (AvgIpc) is 2.27. The van der Waals surface area contributed by atoms with E-state index in [1.165, 1.54) is 11.1 Å². The Hall–Kier alpha value is -0.860. The van der Waals surface area contributed by atoms with E-state index in [2.05, 4.69) is 43.4 Å². The lowest BCUT2D eigenvalue weighted by Gasteiger charge is -2.35. The largest absolute Gasteiger partial charge is 0.328 e. The maximum atomic E-state index is 5.78. The van der Waals surface area contributed by atoms with Gasteiger partial charge in [-0.3, -0.25) is 0 Å². The molecule has 1 fully saturated rings. The SMILES string of the molecule is CCc1ccc(C(C)NC2CC(N)C2)cc1. The van der Waals surface area contributed by atoms with Gasteiger partial charge >= 0.3 is 0 Å². The number of hydrogen-bond donors (Lipinski definition) is 2. The Morgan fingerprint density at radius 2 is 1.94 bits per heavy atom. The number of rotatable bonds is 4. The topological polar surface area (TPSA) is 38.0 Å². The van der Waals surface area contributed by atoms with E-state index in [-0.39, 0.29) is 0 Å². The molecule has 1 aliphatic carbocycles. The van der Waals surface area contributed by atoms with E-state index in [1.54, 1.807) is 0 Å². The van der Waals surface area contributed by atoms with E-state index in [1.807, 2.05) is 0 Å². The van der Waals surface area contributed by atoms with Gasteiger partial charge in [-0.2, -0.15) is 0 Å². The van der Waals surface area contributed by atoms with Gasteiger partial charge in [0.25, 0.3) is 0 Å². The summed E-state index contributed by atoms with van der Waals surface area (Å²) in [6, 6.07) is 10.4. The molecule has 1 atom stereocenters. The molecule has 0 bridgehead atoms. The minimum Gasteiger partial charge on any atom is -0.328 e. The fourth-order valence-corrected chi connectivity index (χ4v) is 2.29. The number of nitrogens with one attached hydrogen (secondary N) is 1. The van der Waals surface area contributed by atoms with Crippen LogP contribution in [0.2, 0.25) is 0 Å². The maximum absolute atomic E-state index is 5.78. The molecule has 2 nitrogen and oxygen atoms in total. The number of aryl methyl sites for hydroxylation is 1. The summed E-state index contributed by atoms with van der Waals surface area (Å²) in [5, 5.41) is 3.62. The first-order chi connectivity index (χ1) is 7.69. The fraction of sp³-hybridized carbons (Fsp3) is 0.571. The monoisotopic (exact) mass is 218 g/mol. The highest BCUT2D eigenvalue weighted by Gasteiger charge is 2.26. The van der Waals surface area contributed by atoms with Gasteiger partial charge in [0.2, 0.25) is 0 Å². The van der Waals surface area contributed by atoms with E-state index < -0.39 is 0 Å². The van der Waals surface area contributed by atoms with Crippen LogP contribution in [0.3, 0.4) is 0 Å². The van der Waals surface area contributed by atoms with Gasteiger partial charge in [-0.25, -0.2) is 0 Å². The molecule has 0 aliphatic heterocycles. The van der Waals surface area contributed by atoms with E-state index in [9.17, 15) is 0 Å². The van der Waals surface area contributed by atoms with E-state index in [0.29, 0.717) is 18.1 Å². The van der Waals surface area contributed by atoms with Crippen LogP contribution in [0.1, 0.15) is 43.9 Å². The van der Waals surface area contributed by atoms with Crippen LogP contribution in [0.25, 0.3) is 0 Å². The second-order valence-electron chi connectivity index (χ2n) is 4.91. The summed E-state index contributed by atoms with van der Waals surface area (Å²) in [7, 11) is 0. The Morgan fingerprint density at radius 3 is 2.44 bits per heavy atom. The molecule has 0 spiro atoms. The third kappa shape index (κ3) is 2.63. The smallest absolute Gasteiger partial charge is 0.0294 e.